The third kappa shape index (κ3) is 5.12. The van der Waals surface area contributed by atoms with Crippen molar-refractivity contribution in [2.45, 2.75) is 30.3 Å². The minimum absolute atomic E-state index is 0.0916. The van der Waals surface area contributed by atoms with E-state index >= 15 is 0 Å². The quantitative estimate of drug-likeness (QED) is 0.244. The molecule has 0 aliphatic carbocycles. The van der Waals surface area contributed by atoms with Crippen LogP contribution < -0.4 is 29.8 Å². The van der Waals surface area contributed by atoms with Crippen molar-refractivity contribution >= 4 is 34.3 Å². The van der Waals surface area contributed by atoms with Gasteiger partial charge in [0, 0.05) is 6.07 Å². The molecule has 0 saturated carbocycles. The highest BCUT2D eigenvalue weighted by Gasteiger charge is 2.24. The molecule has 0 bridgehead atoms. The zero-order chi connectivity index (χ0) is 26.6. The van der Waals surface area contributed by atoms with Crippen LogP contribution in [-0.4, -0.2) is 41.7 Å². The van der Waals surface area contributed by atoms with Crippen LogP contribution in [-0.2, 0) is 11.3 Å². The SMILES string of the molecule is CC[C@@H](Sc1nc2cc3c(cc2c(=O)n1Cc1ccc(OC)cc1)OCO3)C(=O)Nc1ccccc1OC. The maximum absolute atomic E-state index is 13.8. The number of anilines is 1. The Kier molecular flexibility index (Phi) is 7.41. The van der Waals surface area contributed by atoms with E-state index in [1.807, 2.05) is 43.3 Å². The summed E-state index contributed by atoms with van der Waals surface area (Å²) < 4.78 is 23.2. The van der Waals surface area contributed by atoms with Crippen LogP contribution in [0.5, 0.6) is 23.0 Å². The summed E-state index contributed by atoms with van der Waals surface area (Å²) in [6, 6.07) is 18.1. The molecule has 0 saturated heterocycles. The highest BCUT2D eigenvalue weighted by atomic mass is 32.2. The number of thioether (sulfide) groups is 1. The summed E-state index contributed by atoms with van der Waals surface area (Å²) in [6.07, 6.45) is 0.517. The number of para-hydroxylation sites is 2. The summed E-state index contributed by atoms with van der Waals surface area (Å²) in [5, 5.41) is 3.28. The molecule has 1 N–H and O–H groups in total. The summed E-state index contributed by atoms with van der Waals surface area (Å²) in [5.41, 5.74) is 1.72. The molecule has 1 amide bonds. The lowest BCUT2D eigenvalue weighted by atomic mass is 10.2. The predicted octanol–water partition coefficient (Wildman–Crippen LogP) is 4.70. The minimum atomic E-state index is -0.514. The Morgan fingerprint density at radius 1 is 1.08 bits per heavy atom. The summed E-state index contributed by atoms with van der Waals surface area (Å²) in [7, 11) is 3.16. The summed E-state index contributed by atoms with van der Waals surface area (Å²) >= 11 is 1.25. The van der Waals surface area contributed by atoms with Crippen molar-refractivity contribution in [3.8, 4) is 23.0 Å². The normalized spacial score (nSPS) is 12.8. The van der Waals surface area contributed by atoms with Gasteiger partial charge in [0.1, 0.15) is 11.5 Å². The van der Waals surface area contributed by atoms with Crippen molar-refractivity contribution in [3.05, 3.63) is 76.6 Å². The monoisotopic (exact) mass is 533 g/mol. The van der Waals surface area contributed by atoms with Gasteiger partial charge in [-0.2, -0.15) is 0 Å². The van der Waals surface area contributed by atoms with Gasteiger partial charge in [0.2, 0.25) is 12.7 Å². The number of carbonyl (C=O) groups excluding carboxylic acids is 1. The zero-order valence-electron chi connectivity index (χ0n) is 21.2. The Hall–Kier alpha value is -4.18. The third-order valence-electron chi connectivity index (χ3n) is 6.19. The number of fused-ring (bicyclic) bond motifs is 2. The van der Waals surface area contributed by atoms with E-state index in [9.17, 15) is 9.59 Å². The second-order valence-electron chi connectivity index (χ2n) is 8.56. The molecular weight excluding hydrogens is 506 g/mol. The fourth-order valence-electron chi connectivity index (χ4n) is 4.14. The van der Waals surface area contributed by atoms with Crippen molar-refractivity contribution in [2.75, 3.05) is 26.3 Å². The Morgan fingerprint density at radius 3 is 2.53 bits per heavy atom. The molecule has 5 rings (SSSR count). The van der Waals surface area contributed by atoms with E-state index < -0.39 is 5.25 Å². The van der Waals surface area contributed by atoms with Gasteiger partial charge in [-0.05, 0) is 42.3 Å². The Bertz CT molecular complexity index is 1540. The van der Waals surface area contributed by atoms with Crippen molar-refractivity contribution < 1.29 is 23.7 Å². The topological polar surface area (TPSA) is 101 Å². The van der Waals surface area contributed by atoms with Crippen LogP contribution in [0.1, 0.15) is 18.9 Å². The number of rotatable bonds is 9. The van der Waals surface area contributed by atoms with Gasteiger partial charge in [0.15, 0.2) is 16.7 Å². The molecule has 2 heterocycles. The van der Waals surface area contributed by atoms with E-state index in [4.69, 9.17) is 23.9 Å². The molecule has 0 fully saturated rings. The smallest absolute Gasteiger partial charge is 0.262 e. The number of aromatic nitrogens is 2. The molecule has 0 unspecified atom stereocenters. The number of nitrogens with zero attached hydrogens (tertiary/aromatic N) is 2. The van der Waals surface area contributed by atoms with Crippen LogP contribution in [0, 0.1) is 0 Å². The van der Waals surface area contributed by atoms with E-state index in [0.717, 1.165) is 11.3 Å². The first-order valence-corrected chi connectivity index (χ1v) is 13.0. The number of nitrogens with one attached hydrogen (secondary N) is 1. The van der Waals surface area contributed by atoms with Crippen LogP contribution in [0.2, 0.25) is 0 Å². The number of methoxy groups -OCH3 is 2. The molecule has 1 aliphatic heterocycles. The van der Waals surface area contributed by atoms with Gasteiger partial charge < -0.3 is 24.3 Å². The van der Waals surface area contributed by atoms with Crippen LogP contribution >= 0.6 is 11.8 Å². The lowest BCUT2D eigenvalue weighted by Gasteiger charge is -2.19. The fraction of sp³-hybridized carbons (Fsp3) is 0.250. The van der Waals surface area contributed by atoms with E-state index in [-0.39, 0.29) is 24.8 Å². The van der Waals surface area contributed by atoms with Gasteiger partial charge in [-0.15, -0.1) is 0 Å². The largest absolute Gasteiger partial charge is 0.497 e. The summed E-state index contributed by atoms with van der Waals surface area (Å²) in [6.45, 7) is 2.28. The Morgan fingerprint density at radius 2 is 1.82 bits per heavy atom. The molecule has 10 heteroatoms. The van der Waals surface area contributed by atoms with Gasteiger partial charge >= 0.3 is 0 Å². The average Bonchev–Trinajstić information content (AvgIpc) is 3.40. The fourth-order valence-corrected chi connectivity index (χ4v) is 5.16. The number of amides is 1. The van der Waals surface area contributed by atoms with E-state index in [0.29, 0.717) is 45.4 Å². The maximum atomic E-state index is 13.8. The molecule has 0 spiro atoms. The van der Waals surface area contributed by atoms with Crippen molar-refractivity contribution in [1.29, 1.82) is 0 Å². The molecular formula is C28H27N3O6S. The standard InChI is InChI=1S/C28H27N3O6S/c1-4-25(26(32)29-20-7-5-6-8-22(20)35-3)38-28-30-21-14-24-23(36-16-37-24)13-19(21)27(33)31(28)15-17-9-11-18(34-2)12-10-17/h5-14,25H,4,15-16H2,1-3H3,(H,29,32)/t25-/m1/s1. The molecule has 9 nitrogen and oxygen atoms in total. The Labute approximate surface area is 223 Å². The number of benzene rings is 3. The number of hydrogen-bond donors (Lipinski definition) is 1. The molecule has 3 aromatic carbocycles. The van der Waals surface area contributed by atoms with E-state index in [1.54, 1.807) is 43.1 Å². The van der Waals surface area contributed by atoms with Crippen molar-refractivity contribution in [3.63, 3.8) is 0 Å². The van der Waals surface area contributed by atoms with E-state index in [2.05, 4.69) is 5.32 Å². The molecule has 0 radical (unpaired) electrons. The number of hydrogen-bond acceptors (Lipinski definition) is 8. The molecule has 1 atom stereocenters. The Balaban J connectivity index is 1.53. The van der Waals surface area contributed by atoms with Crippen molar-refractivity contribution in [1.82, 2.24) is 9.55 Å². The van der Waals surface area contributed by atoms with Crippen molar-refractivity contribution in [2.24, 2.45) is 0 Å². The number of ether oxygens (including phenoxy) is 4. The summed E-state index contributed by atoms with van der Waals surface area (Å²) in [5.74, 6) is 2.12. The second-order valence-corrected chi connectivity index (χ2v) is 9.73. The first kappa shape index (κ1) is 25.5. The average molecular weight is 534 g/mol. The maximum Gasteiger partial charge on any atom is 0.262 e. The van der Waals surface area contributed by atoms with Gasteiger partial charge in [-0.25, -0.2) is 4.98 Å². The molecule has 1 aliphatic rings. The highest BCUT2D eigenvalue weighted by Crippen LogP contribution is 2.36. The van der Waals surface area contributed by atoms with Crippen LogP contribution in [0.25, 0.3) is 10.9 Å². The highest BCUT2D eigenvalue weighted by molar-refractivity contribution is 8.00. The first-order valence-electron chi connectivity index (χ1n) is 12.1. The lowest BCUT2D eigenvalue weighted by Crippen LogP contribution is -2.28. The van der Waals surface area contributed by atoms with E-state index in [1.165, 1.54) is 11.8 Å². The summed E-state index contributed by atoms with van der Waals surface area (Å²) in [4.78, 5) is 31.9. The number of carbonyl (C=O) groups is 1. The zero-order valence-corrected chi connectivity index (χ0v) is 22.0. The second kappa shape index (κ2) is 11.1. The molecule has 4 aromatic rings. The molecule has 38 heavy (non-hydrogen) atoms. The predicted molar refractivity (Wildman–Crippen MR) is 146 cm³/mol. The van der Waals surface area contributed by atoms with Gasteiger partial charge in [-0.3, -0.25) is 14.2 Å². The first-order chi connectivity index (χ1) is 18.5. The molecule has 196 valence electrons. The minimum Gasteiger partial charge on any atom is -0.497 e. The van der Waals surface area contributed by atoms with Gasteiger partial charge in [0.25, 0.3) is 5.56 Å². The third-order valence-corrected chi connectivity index (χ3v) is 7.54. The van der Waals surface area contributed by atoms with Crippen LogP contribution in [0.4, 0.5) is 5.69 Å². The van der Waals surface area contributed by atoms with Crippen LogP contribution in [0.15, 0.2) is 70.6 Å². The lowest BCUT2D eigenvalue weighted by molar-refractivity contribution is -0.115. The van der Waals surface area contributed by atoms with Gasteiger partial charge in [0.05, 0.1) is 42.6 Å². The van der Waals surface area contributed by atoms with Crippen LogP contribution in [0.3, 0.4) is 0 Å². The molecule has 1 aromatic heterocycles. The van der Waals surface area contributed by atoms with Gasteiger partial charge in [-0.1, -0.05) is 43.0 Å².